The van der Waals surface area contributed by atoms with Gasteiger partial charge >= 0.3 is 0 Å². The van der Waals surface area contributed by atoms with Crippen LogP contribution in [0.2, 0.25) is 0 Å². The lowest BCUT2D eigenvalue weighted by Gasteiger charge is -2.07. The summed E-state index contributed by atoms with van der Waals surface area (Å²) in [5.41, 5.74) is 0.698. The highest BCUT2D eigenvalue weighted by molar-refractivity contribution is 5.77. The van der Waals surface area contributed by atoms with Crippen molar-refractivity contribution in [2.24, 2.45) is 0 Å². The van der Waals surface area contributed by atoms with Gasteiger partial charge in [-0.25, -0.2) is 0 Å². The first-order chi connectivity index (χ1) is 6.24. The fourth-order valence-electron chi connectivity index (χ4n) is 0.955. The molecule has 0 saturated carbocycles. The van der Waals surface area contributed by atoms with Crippen LogP contribution >= 0.6 is 0 Å². The van der Waals surface area contributed by atoms with Crippen molar-refractivity contribution in [3.05, 3.63) is 29.8 Å². The van der Waals surface area contributed by atoms with Gasteiger partial charge in [0.1, 0.15) is 12.4 Å². The maximum atomic E-state index is 10.6. The van der Waals surface area contributed by atoms with Crippen LogP contribution < -0.4 is 4.74 Å². The van der Waals surface area contributed by atoms with E-state index < -0.39 is 0 Å². The zero-order valence-electron chi connectivity index (χ0n) is 7.49. The summed E-state index contributed by atoms with van der Waals surface area (Å²) >= 11 is 0. The molecule has 0 spiro atoms. The number of ketones is 1. The van der Waals surface area contributed by atoms with E-state index in [0.717, 1.165) is 0 Å². The van der Waals surface area contributed by atoms with Crippen molar-refractivity contribution in [3.63, 3.8) is 0 Å². The Balaban J connectivity index is 2.69. The molecule has 0 aliphatic rings. The van der Waals surface area contributed by atoms with Gasteiger partial charge in [0.25, 0.3) is 0 Å². The summed E-state index contributed by atoms with van der Waals surface area (Å²) in [5, 5.41) is 8.92. The third-order valence-electron chi connectivity index (χ3n) is 1.57. The Kier molecular flexibility index (Phi) is 3.46. The lowest BCUT2D eigenvalue weighted by Crippen LogP contribution is -2.07. The van der Waals surface area contributed by atoms with Crippen molar-refractivity contribution in [2.45, 2.75) is 13.5 Å². The van der Waals surface area contributed by atoms with Crippen molar-refractivity contribution in [1.29, 1.82) is 0 Å². The van der Waals surface area contributed by atoms with Gasteiger partial charge in [0.15, 0.2) is 5.78 Å². The van der Waals surface area contributed by atoms with Gasteiger partial charge in [-0.3, -0.25) is 4.79 Å². The van der Waals surface area contributed by atoms with E-state index in [0.29, 0.717) is 11.3 Å². The molecule has 0 amide bonds. The second-order valence-electron chi connectivity index (χ2n) is 2.76. The molecule has 1 aromatic carbocycles. The van der Waals surface area contributed by atoms with Gasteiger partial charge in [-0.1, -0.05) is 18.2 Å². The minimum Gasteiger partial charge on any atom is -0.485 e. The highest BCUT2D eigenvalue weighted by Crippen LogP contribution is 2.17. The van der Waals surface area contributed by atoms with Gasteiger partial charge < -0.3 is 9.84 Å². The van der Waals surface area contributed by atoms with Gasteiger partial charge in [-0.05, 0) is 13.0 Å². The fraction of sp³-hybridized carbons (Fsp3) is 0.300. The molecule has 1 aromatic rings. The van der Waals surface area contributed by atoms with E-state index in [2.05, 4.69) is 0 Å². The summed E-state index contributed by atoms with van der Waals surface area (Å²) < 4.78 is 5.18. The molecule has 0 aliphatic heterocycles. The van der Waals surface area contributed by atoms with Crippen LogP contribution in [0.3, 0.4) is 0 Å². The summed E-state index contributed by atoms with van der Waals surface area (Å²) in [6.07, 6.45) is 0. The van der Waals surface area contributed by atoms with Gasteiger partial charge in [0, 0.05) is 5.56 Å². The normalized spacial score (nSPS) is 9.69. The zero-order valence-corrected chi connectivity index (χ0v) is 7.49. The van der Waals surface area contributed by atoms with Crippen molar-refractivity contribution in [1.82, 2.24) is 0 Å². The molecular weight excluding hydrogens is 168 g/mol. The third kappa shape index (κ3) is 2.87. The Bertz CT molecular complexity index is 294. The molecule has 0 radical (unpaired) electrons. The van der Waals surface area contributed by atoms with E-state index in [1.807, 2.05) is 6.07 Å². The van der Waals surface area contributed by atoms with Crippen molar-refractivity contribution >= 4 is 5.78 Å². The average molecular weight is 180 g/mol. The number of Topliss-reactive ketones (excluding diaryl/α,β-unsaturated/α-hetero) is 1. The molecule has 0 saturated heterocycles. The van der Waals surface area contributed by atoms with Crippen LogP contribution in [0.1, 0.15) is 12.5 Å². The molecular formula is C10H12O3. The van der Waals surface area contributed by atoms with Gasteiger partial charge in [-0.2, -0.15) is 0 Å². The number of carbonyl (C=O) groups excluding carboxylic acids is 1. The highest BCUT2D eigenvalue weighted by Gasteiger charge is 2.01. The van der Waals surface area contributed by atoms with Crippen LogP contribution in [0.25, 0.3) is 0 Å². The first-order valence-electron chi connectivity index (χ1n) is 4.05. The van der Waals surface area contributed by atoms with E-state index in [1.165, 1.54) is 6.92 Å². The van der Waals surface area contributed by atoms with Crippen molar-refractivity contribution in [2.75, 3.05) is 6.61 Å². The SMILES string of the molecule is CC(=O)COc1ccccc1CO. The van der Waals surface area contributed by atoms with Crippen molar-refractivity contribution in [3.8, 4) is 5.75 Å². The predicted molar refractivity (Wildman–Crippen MR) is 48.5 cm³/mol. The molecule has 3 heteroatoms. The molecule has 3 nitrogen and oxygen atoms in total. The van der Waals surface area contributed by atoms with Gasteiger partial charge in [-0.15, -0.1) is 0 Å². The summed E-state index contributed by atoms with van der Waals surface area (Å²) in [7, 11) is 0. The van der Waals surface area contributed by atoms with E-state index in [1.54, 1.807) is 18.2 Å². The zero-order chi connectivity index (χ0) is 9.68. The minimum absolute atomic E-state index is 0.0345. The summed E-state index contributed by atoms with van der Waals surface area (Å²) in [5.74, 6) is 0.535. The summed E-state index contributed by atoms with van der Waals surface area (Å²) in [4.78, 5) is 10.6. The highest BCUT2D eigenvalue weighted by atomic mass is 16.5. The van der Waals surface area contributed by atoms with E-state index in [9.17, 15) is 4.79 Å². The number of ether oxygens (including phenoxy) is 1. The maximum Gasteiger partial charge on any atom is 0.167 e. The smallest absolute Gasteiger partial charge is 0.167 e. The Labute approximate surface area is 77.0 Å². The quantitative estimate of drug-likeness (QED) is 0.756. The molecule has 0 fully saturated rings. The average Bonchev–Trinajstić information content (AvgIpc) is 2.15. The third-order valence-corrected chi connectivity index (χ3v) is 1.57. The Morgan fingerprint density at radius 3 is 2.77 bits per heavy atom. The minimum atomic E-state index is -0.0753. The summed E-state index contributed by atoms with van der Waals surface area (Å²) in [6, 6.07) is 7.10. The number of carbonyl (C=O) groups is 1. The predicted octanol–water partition coefficient (Wildman–Crippen LogP) is 1.15. The molecule has 0 atom stereocenters. The molecule has 0 aromatic heterocycles. The van der Waals surface area contributed by atoms with Gasteiger partial charge in [0.05, 0.1) is 6.61 Å². The van der Waals surface area contributed by atoms with Gasteiger partial charge in [0.2, 0.25) is 0 Å². The van der Waals surface area contributed by atoms with Crippen LogP contribution in [0.15, 0.2) is 24.3 Å². The lowest BCUT2D eigenvalue weighted by atomic mass is 10.2. The number of para-hydroxylation sites is 1. The first kappa shape index (κ1) is 9.74. The largest absolute Gasteiger partial charge is 0.485 e. The number of rotatable bonds is 4. The topological polar surface area (TPSA) is 46.5 Å². The van der Waals surface area contributed by atoms with E-state index in [-0.39, 0.29) is 19.0 Å². The number of aliphatic hydroxyl groups excluding tert-OH is 1. The van der Waals surface area contributed by atoms with Crippen LogP contribution in [-0.4, -0.2) is 17.5 Å². The number of aliphatic hydroxyl groups is 1. The fourth-order valence-corrected chi connectivity index (χ4v) is 0.955. The van der Waals surface area contributed by atoms with Crippen LogP contribution in [0.5, 0.6) is 5.75 Å². The Morgan fingerprint density at radius 2 is 2.15 bits per heavy atom. The Hall–Kier alpha value is -1.35. The monoisotopic (exact) mass is 180 g/mol. The molecule has 70 valence electrons. The van der Waals surface area contributed by atoms with E-state index in [4.69, 9.17) is 9.84 Å². The maximum absolute atomic E-state index is 10.6. The number of benzene rings is 1. The van der Waals surface area contributed by atoms with E-state index >= 15 is 0 Å². The van der Waals surface area contributed by atoms with Crippen LogP contribution in [0, 0.1) is 0 Å². The molecule has 0 unspecified atom stereocenters. The molecule has 1 rings (SSSR count). The molecule has 1 N–H and O–H groups in total. The standard InChI is InChI=1S/C10H12O3/c1-8(12)7-13-10-5-3-2-4-9(10)6-11/h2-5,11H,6-7H2,1H3. The van der Waals surface area contributed by atoms with Crippen LogP contribution in [-0.2, 0) is 11.4 Å². The molecule has 13 heavy (non-hydrogen) atoms. The summed E-state index contributed by atoms with van der Waals surface area (Å²) in [6.45, 7) is 1.44. The Morgan fingerprint density at radius 1 is 1.46 bits per heavy atom. The molecule has 0 aliphatic carbocycles. The molecule has 0 bridgehead atoms. The second kappa shape index (κ2) is 4.62. The van der Waals surface area contributed by atoms with Crippen LogP contribution in [0.4, 0.5) is 0 Å². The molecule has 0 heterocycles. The van der Waals surface area contributed by atoms with Crippen molar-refractivity contribution < 1.29 is 14.6 Å². The number of hydrogen-bond acceptors (Lipinski definition) is 3. The lowest BCUT2D eigenvalue weighted by molar-refractivity contribution is -0.118. The number of hydrogen-bond donors (Lipinski definition) is 1. The first-order valence-corrected chi connectivity index (χ1v) is 4.05. The second-order valence-corrected chi connectivity index (χ2v) is 2.76.